The van der Waals surface area contributed by atoms with Crippen LogP contribution in [0, 0.1) is 11.8 Å². The van der Waals surface area contributed by atoms with Gasteiger partial charge in [-0.15, -0.1) is 11.3 Å². The lowest BCUT2D eigenvalue weighted by Crippen LogP contribution is -2.58. The van der Waals surface area contributed by atoms with Crippen LogP contribution in [-0.4, -0.2) is 58.7 Å². The molecule has 0 unspecified atom stereocenters. The molecule has 0 amide bonds. The Hall–Kier alpha value is -0.520. The van der Waals surface area contributed by atoms with Gasteiger partial charge in [0.1, 0.15) is 4.21 Å². The highest BCUT2D eigenvalue weighted by atomic mass is 32.2. The Kier molecular flexibility index (Phi) is 8.01. The van der Waals surface area contributed by atoms with Crippen LogP contribution in [-0.2, 0) is 24.8 Å². The number of hydrogen-bond acceptors (Lipinski definition) is 6. The SMILES string of the molecule is CC(C)C1CCC(OC[C@H]2[C@@H](NS(C)(=O)=O)CCCN2S(=O)(=O)c2cccs2)CC1. The third kappa shape index (κ3) is 6.04. The zero-order valence-electron chi connectivity index (χ0n) is 18.0. The number of nitrogens with zero attached hydrogens (tertiary/aromatic N) is 1. The van der Waals surface area contributed by atoms with Crippen molar-refractivity contribution in [2.75, 3.05) is 19.4 Å². The molecule has 2 heterocycles. The Morgan fingerprint density at radius 3 is 2.43 bits per heavy atom. The smallest absolute Gasteiger partial charge is 0.252 e. The van der Waals surface area contributed by atoms with Gasteiger partial charge in [-0.3, -0.25) is 0 Å². The van der Waals surface area contributed by atoms with Crippen molar-refractivity contribution in [3.63, 3.8) is 0 Å². The Morgan fingerprint density at radius 1 is 1.17 bits per heavy atom. The van der Waals surface area contributed by atoms with Crippen LogP contribution in [0.1, 0.15) is 52.4 Å². The third-order valence-electron chi connectivity index (χ3n) is 6.32. The summed E-state index contributed by atoms with van der Waals surface area (Å²) in [5, 5.41) is 1.74. The highest BCUT2D eigenvalue weighted by Crippen LogP contribution is 2.33. The van der Waals surface area contributed by atoms with Gasteiger partial charge in [-0.05, 0) is 61.8 Å². The molecule has 1 saturated heterocycles. The van der Waals surface area contributed by atoms with Gasteiger partial charge in [0.25, 0.3) is 10.0 Å². The Balaban J connectivity index is 1.75. The molecule has 1 aliphatic heterocycles. The second-order valence-corrected chi connectivity index (χ2v) is 13.7. The molecule has 172 valence electrons. The van der Waals surface area contributed by atoms with Gasteiger partial charge in [0.2, 0.25) is 10.0 Å². The number of rotatable bonds is 8. The summed E-state index contributed by atoms with van der Waals surface area (Å²) >= 11 is 1.18. The third-order valence-corrected chi connectivity index (χ3v) is 10.3. The first-order valence-electron chi connectivity index (χ1n) is 10.7. The van der Waals surface area contributed by atoms with Gasteiger partial charge >= 0.3 is 0 Å². The maximum Gasteiger partial charge on any atom is 0.252 e. The van der Waals surface area contributed by atoms with Crippen molar-refractivity contribution in [3.8, 4) is 0 Å². The molecule has 10 heteroatoms. The van der Waals surface area contributed by atoms with Crippen molar-refractivity contribution < 1.29 is 21.6 Å². The first-order chi connectivity index (χ1) is 14.1. The molecule has 2 fully saturated rings. The number of piperidine rings is 1. The first-order valence-corrected chi connectivity index (χ1v) is 14.9. The van der Waals surface area contributed by atoms with Gasteiger partial charge in [0.05, 0.1) is 25.0 Å². The van der Waals surface area contributed by atoms with Crippen molar-refractivity contribution in [2.45, 2.75) is 74.8 Å². The van der Waals surface area contributed by atoms with Gasteiger partial charge in [0, 0.05) is 12.6 Å². The number of thiophene rings is 1. The summed E-state index contributed by atoms with van der Waals surface area (Å²) in [5.74, 6) is 1.38. The maximum atomic E-state index is 13.2. The number of ether oxygens (including phenoxy) is 1. The fourth-order valence-corrected chi connectivity index (χ4v) is 8.25. The van der Waals surface area contributed by atoms with E-state index in [0.717, 1.165) is 37.9 Å². The molecule has 0 radical (unpaired) electrons. The Morgan fingerprint density at radius 2 is 1.87 bits per heavy atom. The molecule has 2 atom stereocenters. The minimum Gasteiger partial charge on any atom is -0.376 e. The van der Waals surface area contributed by atoms with E-state index in [0.29, 0.717) is 25.3 Å². The zero-order valence-corrected chi connectivity index (χ0v) is 20.4. The van der Waals surface area contributed by atoms with E-state index in [4.69, 9.17) is 4.74 Å². The predicted molar refractivity (Wildman–Crippen MR) is 120 cm³/mol. The largest absolute Gasteiger partial charge is 0.376 e. The minimum absolute atomic E-state index is 0.104. The molecular formula is C20H34N2O5S3. The average Bonchev–Trinajstić information content (AvgIpc) is 3.21. The Labute approximate surface area is 185 Å². The highest BCUT2D eigenvalue weighted by Gasteiger charge is 2.41. The molecular weight excluding hydrogens is 444 g/mol. The molecule has 30 heavy (non-hydrogen) atoms. The summed E-state index contributed by atoms with van der Waals surface area (Å²) in [4.78, 5) is 0. The Bertz CT molecular complexity index is 876. The molecule has 0 spiro atoms. The second-order valence-electron chi connectivity index (χ2n) is 8.87. The fourth-order valence-electron chi connectivity index (χ4n) is 4.62. The monoisotopic (exact) mass is 478 g/mol. The van der Waals surface area contributed by atoms with Crippen LogP contribution in [0.3, 0.4) is 0 Å². The number of nitrogens with one attached hydrogen (secondary N) is 1. The summed E-state index contributed by atoms with van der Waals surface area (Å²) in [7, 11) is -7.16. The molecule has 1 aromatic rings. The van der Waals surface area contributed by atoms with Gasteiger partial charge < -0.3 is 4.74 Å². The average molecular weight is 479 g/mol. The van der Waals surface area contributed by atoms with Crippen LogP contribution in [0.15, 0.2) is 21.7 Å². The molecule has 0 bridgehead atoms. The van der Waals surface area contributed by atoms with Crippen LogP contribution in [0.2, 0.25) is 0 Å². The summed E-state index contributed by atoms with van der Waals surface area (Å²) in [6.07, 6.45) is 6.60. The highest BCUT2D eigenvalue weighted by molar-refractivity contribution is 7.91. The van der Waals surface area contributed by atoms with Crippen LogP contribution >= 0.6 is 11.3 Å². The van der Waals surface area contributed by atoms with E-state index in [-0.39, 0.29) is 16.9 Å². The van der Waals surface area contributed by atoms with Crippen molar-refractivity contribution in [1.29, 1.82) is 0 Å². The molecule has 7 nitrogen and oxygen atoms in total. The summed E-state index contributed by atoms with van der Waals surface area (Å²) in [5.41, 5.74) is 0. The van der Waals surface area contributed by atoms with Gasteiger partial charge in [-0.25, -0.2) is 21.6 Å². The summed E-state index contributed by atoms with van der Waals surface area (Å²) < 4.78 is 60.9. The van der Waals surface area contributed by atoms with E-state index in [1.807, 2.05) is 0 Å². The quantitative estimate of drug-likeness (QED) is 0.620. The molecule has 0 aromatic carbocycles. The summed E-state index contributed by atoms with van der Waals surface area (Å²) in [6.45, 7) is 5.08. The van der Waals surface area contributed by atoms with Gasteiger partial charge in [0.15, 0.2) is 0 Å². The fraction of sp³-hybridized carbons (Fsp3) is 0.800. The first kappa shape index (κ1) is 24.1. The van der Waals surface area contributed by atoms with Crippen molar-refractivity contribution in [3.05, 3.63) is 17.5 Å². The lowest BCUT2D eigenvalue weighted by molar-refractivity contribution is -0.0173. The van der Waals surface area contributed by atoms with Gasteiger partial charge in [-0.2, -0.15) is 4.31 Å². The zero-order chi connectivity index (χ0) is 21.9. The van der Waals surface area contributed by atoms with Crippen molar-refractivity contribution in [1.82, 2.24) is 9.03 Å². The molecule has 2 aliphatic rings. The number of hydrogen-bond donors (Lipinski definition) is 1. The lowest BCUT2D eigenvalue weighted by atomic mass is 9.80. The molecule has 1 aliphatic carbocycles. The minimum atomic E-state index is -3.69. The standard InChI is InChI=1S/C20H34N2O5S3/c1-15(2)16-8-10-17(11-9-16)27-14-19-18(21-29(3,23)24)6-4-12-22(19)30(25,26)20-7-5-13-28-20/h5,7,13,15-19,21H,4,6,8-12,14H2,1-3H3/t16?,17?,18-,19-/m0/s1. The topological polar surface area (TPSA) is 92.8 Å². The van der Waals surface area contributed by atoms with E-state index >= 15 is 0 Å². The van der Waals surface area contributed by atoms with E-state index in [1.165, 1.54) is 15.6 Å². The van der Waals surface area contributed by atoms with E-state index in [2.05, 4.69) is 18.6 Å². The number of sulfonamides is 2. The van der Waals surface area contributed by atoms with E-state index in [1.54, 1.807) is 17.5 Å². The van der Waals surface area contributed by atoms with Crippen LogP contribution in [0.5, 0.6) is 0 Å². The van der Waals surface area contributed by atoms with Crippen molar-refractivity contribution in [2.24, 2.45) is 11.8 Å². The van der Waals surface area contributed by atoms with Gasteiger partial charge in [-0.1, -0.05) is 19.9 Å². The second kappa shape index (κ2) is 9.95. The van der Waals surface area contributed by atoms with E-state index < -0.39 is 32.1 Å². The van der Waals surface area contributed by atoms with Crippen molar-refractivity contribution >= 4 is 31.4 Å². The molecule has 1 N–H and O–H groups in total. The van der Waals surface area contributed by atoms with E-state index in [9.17, 15) is 16.8 Å². The van der Waals surface area contributed by atoms with Crippen LogP contribution in [0.4, 0.5) is 0 Å². The summed E-state index contributed by atoms with van der Waals surface area (Å²) in [6, 6.07) is 2.27. The van der Waals surface area contributed by atoms with Crippen LogP contribution in [0.25, 0.3) is 0 Å². The molecule has 1 saturated carbocycles. The normalized spacial score (nSPS) is 29.3. The maximum absolute atomic E-state index is 13.2. The van der Waals surface area contributed by atoms with Crippen LogP contribution < -0.4 is 4.72 Å². The lowest BCUT2D eigenvalue weighted by Gasteiger charge is -2.41. The predicted octanol–water partition coefficient (Wildman–Crippen LogP) is 3.05. The molecule has 3 rings (SSSR count). The molecule has 1 aromatic heterocycles.